The van der Waals surface area contributed by atoms with E-state index in [0.717, 1.165) is 5.56 Å². The molecule has 0 aliphatic heterocycles. The summed E-state index contributed by atoms with van der Waals surface area (Å²) in [5.74, 6) is 0. The predicted octanol–water partition coefficient (Wildman–Crippen LogP) is 2.89. The highest BCUT2D eigenvalue weighted by Crippen LogP contribution is 2.17. The summed E-state index contributed by atoms with van der Waals surface area (Å²) >= 11 is 5.77. The molecule has 1 N–H and O–H groups in total. The van der Waals surface area contributed by atoms with Crippen molar-refractivity contribution in [3.05, 3.63) is 59.1 Å². The third-order valence-electron chi connectivity index (χ3n) is 4.10. The Labute approximate surface area is 166 Å². The molecule has 0 fully saturated rings. The van der Waals surface area contributed by atoms with E-state index in [1.807, 2.05) is 0 Å². The molecule has 0 aromatic heterocycles. The first kappa shape index (κ1) is 21.8. The Morgan fingerprint density at radius 1 is 0.852 bits per heavy atom. The minimum atomic E-state index is -3.61. The Morgan fingerprint density at radius 3 is 1.89 bits per heavy atom. The van der Waals surface area contributed by atoms with Gasteiger partial charge in [-0.2, -0.15) is 4.31 Å². The fourth-order valence-electron chi connectivity index (χ4n) is 2.57. The Kier molecular flexibility index (Phi) is 7.41. The van der Waals surface area contributed by atoms with Crippen molar-refractivity contribution in [2.24, 2.45) is 0 Å². The molecule has 0 unspecified atom stereocenters. The van der Waals surface area contributed by atoms with Gasteiger partial charge in [0.2, 0.25) is 20.0 Å². The van der Waals surface area contributed by atoms with Crippen LogP contribution < -0.4 is 4.72 Å². The van der Waals surface area contributed by atoms with Gasteiger partial charge in [-0.15, -0.1) is 0 Å². The van der Waals surface area contributed by atoms with Gasteiger partial charge in [0, 0.05) is 24.7 Å². The molecule has 0 saturated heterocycles. The number of halogens is 1. The monoisotopic (exact) mass is 430 g/mol. The van der Waals surface area contributed by atoms with Crippen LogP contribution in [0.1, 0.15) is 19.4 Å². The smallest absolute Gasteiger partial charge is 0.211 e. The zero-order valence-corrected chi connectivity index (χ0v) is 17.6. The van der Waals surface area contributed by atoms with Crippen molar-refractivity contribution in [1.29, 1.82) is 0 Å². The van der Waals surface area contributed by atoms with Gasteiger partial charge in [0.1, 0.15) is 0 Å². The third kappa shape index (κ3) is 5.52. The van der Waals surface area contributed by atoms with Crippen LogP contribution in [0.25, 0.3) is 0 Å². The van der Waals surface area contributed by atoms with Gasteiger partial charge in [-0.05, 0) is 48.4 Å². The fraction of sp³-hybridized carbons (Fsp3) is 0.333. The van der Waals surface area contributed by atoms with Crippen LogP contribution >= 0.6 is 11.6 Å². The first-order valence-electron chi connectivity index (χ1n) is 8.55. The van der Waals surface area contributed by atoms with Crippen molar-refractivity contribution in [2.45, 2.75) is 30.1 Å². The molecule has 148 valence electrons. The van der Waals surface area contributed by atoms with E-state index in [4.69, 9.17) is 11.6 Å². The molecule has 0 saturated carbocycles. The Bertz CT molecular complexity index is 953. The molecule has 2 aromatic carbocycles. The molecular weight excluding hydrogens is 408 g/mol. The van der Waals surface area contributed by atoms with Gasteiger partial charge in [0.05, 0.1) is 9.79 Å². The second-order valence-corrected chi connectivity index (χ2v) is 9.98. The second-order valence-electron chi connectivity index (χ2n) is 5.83. The van der Waals surface area contributed by atoms with Crippen molar-refractivity contribution >= 4 is 31.6 Å². The van der Waals surface area contributed by atoms with Crippen LogP contribution in [0.3, 0.4) is 0 Å². The maximum absolute atomic E-state index is 12.5. The van der Waals surface area contributed by atoms with E-state index in [9.17, 15) is 16.8 Å². The summed E-state index contributed by atoms with van der Waals surface area (Å²) in [6, 6.07) is 12.4. The zero-order valence-electron chi connectivity index (χ0n) is 15.2. The summed E-state index contributed by atoms with van der Waals surface area (Å²) in [6.07, 6.45) is 0.443. The molecule has 2 aromatic rings. The van der Waals surface area contributed by atoms with Crippen molar-refractivity contribution in [2.75, 3.05) is 19.6 Å². The van der Waals surface area contributed by atoms with E-state index in [-0.39, 0.29) is 16.3 Å². The number of nitrogens with one attached hydrogen (secondary N) is 1. The number of nitrogens with zero attached hydrogens (tertiary/aromatic N) is 1. The quantitative estimate of drug-likeness (QED) is 0.663. The topological polar surface area (TPSA) is 83.6 Å². The molecule has 0 spiro atoms. The number of benzene rings is 2. The molecule has 27 heavy (non-hydrogen) atoms. The largest absolute Gasteiger partial charge is 0.243 e. The number of rotatable bonds is 9. The summed E-state index contributed by atoms with van der Waals surface area (Å²) < 4.78 is 53.3. The lowest BCUT2D eigenvalue weighted by Gasteiger charge is -2.18. The molecule has 0 heterocycles. The molecule has 0 bridgehead atoms. The SMILES string of the molecule is CCN(CC)S(=O)(=O)c1ccc(CCNS(=O)(=O)c2ccc(Cl)cc2)cc1. The summed E-state index contributed by atoms with van der Waals surface area (Å²) in [5, 5.41) is 0.466. The van der Waals surface area contributed by atoms with E-state index in [2.05, 4.69) is 4.72 Å². The predicted molar refractivity (Wildman–Crippen MR) is 107 cm³/mol. The molecule has 2 rings (SSSR count). The highest BCUT2D eigenvalue weighted by molar-refractivity contribution is 7.89. The highest BCUT2D eigenvalue weighted by Gasteiger charge is 2.21. The summed E-state index contributed by atoms with van der Waals surface area (Å²) in [7, 11) is -7.10. The van der Waals surface area contributed by atoms with Gasteiger partial charge in [-0.1, -0.05) is 37.6 Å². The van der Waals surface area contributed by atoms with Gasteiger partial charge in [-0.25, -0.2) is 21.6 Å². The van der Waals surface area contributed by atoms with Gasteiger partial charge >= 0.3 is 0 Å². The van der Waals surface area contributed by atoms with Gasteiger partial charge in [0.15, 0.2) is 0 Å². The Balaban J connectivity index is 2.00. The first-order valence-corrected chi connectivity index (χ1v) is 11.8. The number of hydrogen-bond acceptors (Lipinski definition) is 4. The van der Waals surface area contributed by atoms with Gasteiger partial charge < -0.3 is 0 Å². The zero-order chi connectivity index (χ0) is 20.1. The molecule has 0 aliphatic rings. The molecular formula is C18H23ClN2O4S2. The second kappa shape index (κ2) is 9.16. The van der Waals surface area contributed by atoms with E-state index in [1.165, 1.54) is 28.6 Å². The van der Waals surface area contributed by atoms with Crippen molar-refractivity contribution in [3.8, 4) is 0 Å². The van der Waals surface area contributed by atoms with Crippen LogP contribution in [0.4, 0.5) is 0 Å². The third-order valence-corrected chi connectivity index (χ3v) is 7.89. The summed E-state index contributed by atoms with van der Waals surface area (Å²) in [5.41, 5.74) is 0.840. The molecule has 0 amide bonds. The van der Waals surface area contributed by atoms with E-state index in [1.54, 1.807) is 38.1 Å². The number of sulfonamides is 2. The standard InChI is InChI=1S/C18H23ClN2O4S2/c1-3-21(4-2)27(24,25)18-9-5-15(6-10-18)13-14-20-26(22,23)17-11-7-16(19)8-12-17/h5-12,20H,3-4,13-14H2,1-2H3. The lowest BCUT2D eigenvalue weighted by molar-refractivity contribution is 0.445. The van der Waals surface area contributed by atoms with Crippen molar-refractivity contribution in [1.82, 2.24) is 9.03 Å². The molecule has 0 radical (unpaired) electrons. The molecule has 0 aliphatic carbocycles. The molecule has 9 heteroatoms. The number of hydrogen-bond donors (Lipinski definition) is 1. The summed E-state index contributed by atoms with van der Waals surface area (Å²) in [6.45, 7) is 4.61. The van der Waals surface area contributed by atoms with E-state index < -0.39 is 20.0 Å². The van der Waals surface area contributed by atoms with Crippen molar-refractivity contribution < 1.29 is 16.8 Å². The lowest BCUT2D eigenvalue weighted by atomic mass is 10.2. The maximum atomic E-state index is 12.5. The van der Waals surface area contributed by atoms with Crippen LogP contribution in [0.2, 0.25) is 5.02 Å². The van der Waals surface area contributed by atoms with Crippen LogP contribution in [0, 0.1) is 0 Å². The minimum Gasteiger partial charge on any atom is -0.211 e. The average Bonchev–Trinajstić information content (AvgIpc) is 2.63. The minimum absolute atomic E-state index is 0.146. The normalized spacial score (nSPS) is 12.4. The van der Waals surface area contributed by atoms with Crippen LogP contribution in [0.5, 0.6) is 0 Å². The Morgan fingerprint density at radius 2 is 1.37 bits per heavy atom. The lowest BCUT2D eigenvalue weighted by Crippen LogP contribution is -2.30. The van der Waals surface area contributed by atoms with Crippen LogP contribution in [0.15, 0.2) is 58.3 Å². The first-order chi connectivity index (χ1) is 12.7. The van der Waals surface area contributed by atoms with E-state index >= 15 is 0 Å². The fourth-order valence-corrected chi connectivity index (χ4v) is 5.18. The Hall–Kier alpha value is -1.45. The highest BCUT2D eigenvalue weighted by atomic mass is 35.5. The molecule has 6 nitrogen and oxygen atoms in total. The van der Waals surface area contributed by atoms with Crippen LogP contribution in [-0.2, 0) is 26.5 Å². The summed E-state index contributed by atoms with van der Waals surface area (Å²) in [4.78, 5) is 0.379. The van der Waals surface area contributed by atoms with Gasteiger partial charge in [-0.3, -0.25) is 0 Å². The van der Waals surface area contributed by atoms with E-state index in [0.29, 0.717) is 24.5 Å². The average molecular weight is 431 g/mol. The van der Waals surface area contributed by atoms with Crippen molar-refractivity contribution in [3.63, 3.8) is 0 Å². The van der Waals surface area contributed by atoms with Gasteiger partial charge in [0.25, 0.3) is 0 Å². The van der Waals surface area contributed by atoms with Crippen LogP contribution in [-0.4, -0.2) is 40.8 Å². The molecule has 0 atom stereocenters. The maximum Gasteiger partial charge on any atom is 0.243 e.